The standard InChI is InChI=1S/C15H21ClN4O2.ClH/c1-10-9-18-5-7-20(10)6-4-14(21)19-11-2-3-12(15(17)22)13(16)8-11;/h2-3,8,10,18H,4-7,9H2,1H3,(H2,17,22)(H,19,21);1H/t10-;/m0./s1. The highest BCUT2D eigenvalue weighted by atomic mass is 35.5. The van der Waals surface area contributed by atoms with Crippen LogP contribution >= 0.6 is 24.0 Å². The quantitative estimate of drug-likeness (QED) is 0.742. The lowest BCUT2D eigenvalue weighted by Crippen LogP contribution is -2.50. The maximum absolute atomic E-state index is 12.0. The van der Waals surface area contributed by atoms with Crippen molar-refractivity contribution in [3.63, 3.8) is 0 Å². The summed E-state index contributed by atoms with van der Waals surface area (Å²) in [6, 6.07) is 5.11. The minimum atomic E-state index is -0.587. The molecule has 1 saturated heterocycles. The number of benzene rings is 1. The zero-order valence-electron chi connectivity index (χ0n) is 13.0. The number of hydrogen-bond donors (Lipinski definition) is 3. The largest absolute Gasteiger partial charge is 0.366 e. The van der Waals surface area contributed by atoms with Gasteiger partial charge in [0.25, 0.3) is 0 Å². The van der Waals surface area contributed by atoms with Crippen LogP contribution in [0.4, 0.5) is 5.69 Å². The second kappa shape index (κ2) is 9.08. The highest BCUT2D eigenvalue weighted by molar-refractivity contribution is 6.34. The van der Waals surface area contributed by atoms with Crippen molar-refractivity contribution >= 4 is 41.5 Å². The average Bonchev–Trinajstić information content (AvgIpc) is 2.46. The molecular weight excluding hydrogens is 339 g/mol. The summed E-state index contributed by atoms with van der Waals surface area (Å²) in [5, 5.41) is 6.34. The van der Waals surface area contributed by atoms with E-state index in [0.717, 1.165) is 26.2 Å². The maximum atomic E-state index is 12.0. The molecule has 0 saturated carbocycles. The monoisotopic (exact) mass is 360 g/mol. The van der Waals surface area contributed by atoms with Gasteiger partial charge >= 0.3 is 0 Å². The lowest BCUT2D eigenvalue weighted by molar-refractivity contribution is -0.116. The first-order chi connectivity index (χ1) is 10.5. The fourth-order valence-electron chi connectivity index (χ4n) is 2.48. The molecule has 1 aromatic carbocycles. The molecule has 0 unspecified atom stereocenters. The predicted octanol–water partition coefficient (Wildman–Crippen LogP) is 1.48. The summed E-state index contributed by atoms with van der Waals surface area (Å²) in [7, 11) is 0. The van der Waals surface area contributed by atoms with Crippen LogP contribution in [0.2, 0.25) is 5.02 Å². The van der Waals surface area contributed by atoms with Gasteiger partial charge in [-0.1, -0.05) is 11.6 Å². The van der Waals surface area contributed by atoms with E-state index in [0.29, 0.717) is 18.2 Å². The van der Waals surface area contributed by atoms with E-state index in [1.165, 1.54) is 12.1 Å². The van der Waals surface area contributed by atoms with Crippen LogP contribution in [-0.4, -0.2) is 48.9 Å². The van der Waals surface area contributed by atoms with Crippen LogP contribution in [0.25, 0.3) is 0 Å². The Bertz CT molecular complexity index is 568. The van der Waals surface area contributed by atoms with E-state index in [-0.39, 0.29) is 28.9 Å². The zero-order valence-corrected chi connectivity index (χ0v) is 14.5. The number of hydrogen-bond acceptors (Lipinski definition) is 4. The number of amides is 2. The molecule has 23 heavy (non-hydrogen) atoms. The zero-order chi connectivity index (χ0) is 16.1. The van der Waals surface area contributed by atoms with Crippen molar-refractivity contribution in [2.75, 3.05) is 31.5 Å². The van der Waals surface area contributed by atoms with Gasteiger partial charge in [-0.15, -0.1) is 12.4 Å². The Morgan fingerprint density at radius 3 is 2.83 bits per heavy atom. The van der Waals surface area contributed by atoms with Gasteiger partial charge in [-0.05, 0) is 25.1 Å². The van der Waals surface area contributed by atoms with Crippen molar-refractivity contribution in [3.8, 4) is 0 Å². The van der Waals surface area contributed by atoms with E-state index in [9.17, 15) is 9.59 Å². The third kappa shape index (κ3) is 5.66. The van der Waals surface area contributed by atoms with Crippen molar-refractivity contribution in [2.24, 2.45) is 5.73 Å². The Balaban J connectivity index is 0.00000264. The number of anilines is 1. The Morgan fingerprint density at radius 2 is 2.22 bits per heavy atom. The van der Waals surface area contributed by atoms with E-state index in [1.807, 2.05) is 0 Å². The van der Waals surface area contributed by atoms with Gasteiger partial charge in [0, 0.05) is 44.3 Å². The molecule has 1 aliphatic rings. The summed E-state index contributed by atoms with van der Waals surface area (Å²) in [4.78, 5) is 25.4. The van der Waals surface area contributed by atoms with E-state index >= 15 is 0 Å². The maximum Gasteiger partial charge on any atom is 0.250 e. The third-order valence-corrected chi connectivity index (χ3v) is 4.10. The van der Waals surface area contributed by atoms with Crippen LogP contribution in [0.1, 0.15) is 23.7 Å². The van der Waals surface area contributed by atoms with Gasteiger partial charge in [-0.2, -0.15) is 0 Å². The second-order valence-corrected chi connectivity index (χ2v) is 5.85. The summed E-state index contributed by atoms with van der Waals surface area (Å²) in [6.07, 6.45) is 0.416. The minimum absolute atomic E-state index is 0. The van der Waals surface area contributed by atoms with E-state index in [4.69, 9.17) is 17.3 Å². The fraction of sp³-hybridized carbons (Fsp3) is 0.467. The number of nitrogens with two attached hydrogens (primary N) is 1. The summed E-state index contributed by atoms with van der Waals surface area (Å²) in [5.41, 5.74) is 6.00. The molecule has 0 aliphatic carbocycles. The van der Waals surface area contributed by atoms with Gasteiger partial charge in [0.15, 0.2) is 0 Å². The van der Waals surface area contributed by atoms with Crippen LogP contribution in [-0.2, 0) is 4.79 Å². The van der Waals surface area contributed by atoms with E-state index in [1.54, 1.807) is 6.07 Å². The first kappa shape index (κ1) is 19.7. The number of carbonyl (C=O) groups excluding carboxylic acids is 2. The lowest BCUT2D eigenvalue weighted by Gasteiger charge is -2.33. The number of primary amides is 1. The van der Waals surface area contributed by atoms with Gasteiger partial charge in [0.05, 0.1) is 10.6 Å². The van der Waals surface area contributed by atoms with E-state index in [2.05, 4.69) is 22.5 Å². The molecule has 6 nitrogen and oxygen atoms in total. The van der Waals surface area contributed by atoms with Gasteiger partial charge in [-0.25, -0.2) is 0 Å². The third-order valence-electron chi connectivity index (χ3n) is 3.78. The Kier molecular flexibility index (Phi) is 7.78. The highest BCUT2D eigenvalue weighted by Gasteiger charge is 2.18. The van der Waals surface area contributed by atoms with Crippen molar-refractivity contribution in [2.45, 2.75) is 19.4 Å². The fourth-order valence-corrected chi connectivity index (χ4v) is 2.75. The molecule has 2 amide bonds. The number of carbonyl (C=O) groups is 2. The van der Waals surface area contributed by atoms with Crippen molar-refractivity contribution in [1.82, 2.24) is 10.2 Å². The van der Waals surface area contributed by atoms with Crippen LogP contribution < -0.4 is 16.4 Å². The number of nitrogens with zero attached hydrogens (tertiary/aromatic N) is 1. The van der Waals surface area contributed by atoms with Crippen molar-refractivity contribution in [3.05, 3.63) is 28.8 Å². The van der Waals surface area contributed by atoms with Gasteiger partial charge in [0.1, 0.15) is 0 Å². The highest BCUT2D eigenvalue weighted by Crippen LogP contribution is 2.20. The van der Waals surface area contributed by atoms with Gasteiger partial charge < -0.3 is 16.4 Å². The van der Waals surface area contributed by atoms with Crippen LogP contribution in [0.15, 0.2) is 18.2 Å². The SMILES string of the molecule is C[C@H]1CNCCN1CCC(=O)Nc1ccc(C(N)=O)c(Cl)c1.Cl. The molecule has 4 N–H and O–H groups in total. The molecular formula is C15H22Cl2N4O2. The minimum Gasteiger partial charge on any atom is -0.366 e. The smallest absolute Gasteiger partial charge is 0.250 e. The summed E-state index contributed by atoms with van der Waals surface area (Å²) < 4.78 is 0. The number of piperazine rings is 1. The summed E-state index contributed by atoms with van der Waals surface area (Å²) in [6.45, 7) is 5.73. The first-order valence-electron chi connectivity index (χ1n) is 7.31. The summed E-state index contributed by atoms with van der Waals surface area (Å²) >= 11 is 5.96. The van der Waals surface area contributed by atoms with Gasteiger partial charge in [0.2, 0.25) is 11.8 Å². The van der Waals surface area contributed by atoms with Crippen LogP contribution in [0, 0.1) is 0 Å². The molecule has 2 rings (SSSR count). The second-order valence-electron chi connectivity index (χ2n) is 5.45. The molecule has 8 heteroatoms. The average molecular weight is 361 g/mol. The van der Waals surface area contributed by atoms with E-state index < -0.39 is 5.91 Å². The van der Waals surface area contributed by atoms with Crippen LogP contribution in [0.3, 0.4) is 0 Å². The molecule has 0 aromatic heterocycles. The van der Waals surface area contributed by atoms with Gasteiger partial charge in [-0.3, -0.25) is 14.5 Å². The predicted molar refractivity (Wildman–Crippen MR) is 94.4 cm³/mol. The topological polar surface area (TPSA) is 87.5 Å². The molecule has 0 radical (unpaired) electrons. The first-order valence-corrected chi connectivity index (χ1v) is 7.69. The molecule has 0 spiro atoms. The van der Waals surface area contributed by atoms with Crippen LogP contribution in [0.5, 0.6) is 0 Å². The van der Waals surface area contributed by atoms with Crippen molar-refractivity contribution in [1.29, 1.82) is 0 Å². The molecule has 1 fully saturated rings. The lowest BCUT2D eigenvalue weighted by atomic mass is 10.2. The Hall–Kier alpha value is -1.34. The van der Waals surface area contributed by atoms with Crippen molar-refractivity contribution < 1.29 is 9.59 Å². The number of rotatable bonds is 5. The number of nitrogens with one attached hydrogen (secondary N) is 2. The molecule has 1 heterocycles. The Morgan fingerprint density at radius 1 is 1.48 bits per heavy atom. The molecule has 1 aromatic rings. The number of halogens is 2. The Labute approximate surface area is 147 Å². The summed E-state index contributed by atoms with van der Waals surface area (Å²) in [5.74, 6) is -0.663. The molecule has 1 atom stereocenters. The molecule has 0 bridgehead atoms. The molecule has 128 valence electrons. The normalized spacial score (nSPS) is 18.1. The molecule has 1 aliphatic heterocycles.